The van der Waals surface area contributed by atoms with Crippen molar-refractivity contribution in [1.29, 1.82) is 10.5 Å². The van der Waals surface area contributed by atoms with Crippen molar-refractivity contribution in [3.05, 3.63) is 351 Å². The van der Waals surface area contributed by atoms with Crippen molar-refractivity contribution >= 4 is 118 Å². The molecule has 0 amide bonds. The smallest absolute Gasteiger partial charge is 0.135 e. The van der Waals surface area contributed by atoms with E-state index in [9.17, 15) is 10.5 Å². The molecule has 0 N–H and O–H groups in total. The molecule has 0 radical (unpaired) electrons. The van der Waals surface area contributed by atoms with Gasteiger partial charge in [0.1, 0.15) is 23.0 Å². The summed E-state index contributed by atoms with van der Waals surface area (Å²) < 4.78 is 13.0. The van der Waals surface area contributed by atoms with Crippen molar-refractivity contribution in [2.45, 2.75) is 0 Å². The number of hydrogen-bond acceptors (Lipinski definition) is 4. The third kappa shape index (κ3) is 9.10. The molecule has 4 nitrogen and oxygen atoms in total. The molecule has 20 aromatic carbocycles. The molecule has 0 bridgehead atoms. The van der Waals surface area contributed by atoms with Crippen LogP contribution in [0.2, 0.25) is 0 Å². The zero-order valence-corrected chi connectivity index (χ0v) is 56.0. The normalized spacial score (nSPS) is 12.0. The average molecular weight is 1320 g/mol. The van der Waals surface area contributed by atoms with Crippen molar-refractivity contribution in [1.82, 2.24) is 0 Å². The van der Waals surface area contributed by atoms with E-state index < -0.39 is 0 Å². The number of hydrogen-bond donors (Lipinski definition) is 0. The van der Waals surface area contributed by atoms with Crippen LogP contribution >= 0.6 is 0 Å². The molecule has 0 spiro atoms. The van der Waals surface area contributed by atoms with Gasteiger partial charge in [-0.3, -0.25) is 0 Å². The molecule has 22 rings (SSSR count). The van der Waals surface area contributed by atoms with Gasteiger partial charge in [-0.15, -0.1) is 0 Å². The number of ether oxygens (including phenoxy) is 2. The topological polar surface area (TPSA) is 66.0 Å². The third-order valence-corrected chi connectivity index (χ3v) is 22.0. The highest BCUT2D eigenvalue weighted by molar-refractivity contribution is 6.26. The summed E-state index contributed by atoms with van der Waals surface area (Å²) >= 11 is 0. The second-order valence-corrected chi connectivity index (χ2v) is 27.4. The monoisotopic (exact) mass is 1320 g/mol. The minimum Gasteiger partial charge on any atom is -0.456 e. The van der Waals surface area contributed by atoms with Gasteiger partial charge in [-0.25, -0.2) is 0 Å². The highest BCUT2D eigenvalue weighted by atomic mass is 16.5. The number of nitriles is 2. The predicted molar refractivity (Wildman–Crippen MR) is 433 cm³/mol. The second-order valence-electron chi connectivity index (χ2n) is 27.4. The fourth-order valence-corrected chi connectivity index (χ4v) is 17.1. The van der Waals surface area contributed by atoms with Gasteiger partial charge in [-0.2, -0.15) is 10.5 Å². The Morgan fingerprint density at radius 3 is 1.12 bits per heavy atom. The zero-order valence-electron chi connectivity index (χ0n) is 56.0. The summed E-state index contributed by atoms with van der Waals surface area (Å²) in [5.41, 5.74) is 17.5. The van der Waals surface area contributed by atoms with E-state index in [-0.39, 0.29) is 0 Å². The van der Waals surface area contributed by atoms with Gasteiger partial charge in [0.25, 0.3) is 0 Å². The quantitative estimate of drug-likeness (QED) is 0.161. The largest absolute Gasteiger partial charge is 0.456 e. The molecule has 104 heavy (non-hydrogen) atoms. The Bertz CT molecular complexity index is 7270. The van der Waals surface area contributed by atoms with Crippen molar-refractivity contribution < 1.29 is 9.47 Å². The van der Waals surface area contributed by atoms with Crippen molar-refractivity contribution in [3.63, 3.8) is 0 Å². The van der Waals surface area contributed by atoms with Crippen LogP contribution in [0.1, 0.15) is 11.1 Å². The molecule has 0 saturated heterocycles. The maximum Gasteiger partial charge on any atom is 0.135 e. The van der Waals surface area contributed by atoms with Crippen LogP contribution in [0.4, 0.5) is 0 Å². The van der Waals surface area contributed by atoms with Gasteiger partial charge in [-0.05, 0) is 243 Å². The first-order chi connectivity index (χ1) is 51.5. The van der Waals surface area contributed by atoms with Gasteiger partial charge < -0.3 is 9.47 Å². The maximum atomic E-state index is 9.70. The van der Waals surface area contributed by atoms with Crippen LogP contribution in [0.5, 0.6) is 23.0 Å². The standard InChI is InChI=1S/C55H31NO.C45H25NO/c56-32-39-24-26-48-47-25-23-37(29-54(47)57-53-18-8-16-41(39)55(48)53)35-19-20-36-28-38(22-21-34(36)27-35)49-30-51-46-15-6-5-14-45(46)50(31-52(51)44-13-4-3-12-43(44)49)42-17-7-10-33-9-1-2-11-40(33)42;46-26-29-18-21-40-39-20-17-28(24-44(39)47-43-15-7-14-32(29)45(40)43)31-22-23-38(34-11-4-3-10-33(31)34)42-25-41-30-9-2-1-8-27(30)16-19-37(41)35-12-5-6-13-36(35)42/h1-31H;1-25H. The van der Waals surface area contributed by atoms with E-state index in [1.165, 1.54) is 130 Å². The van der Waals surface area contributed by atoms with Gasteiger partial charge >= 0.3 is 0 Å². The highest BCUT2D eigenvalue weighted by Crippen LogP contribution is 2.52. The molecule has 0 saturated carbocycles. The van der Waals surface area contributed by atoms with Crippen LogP contribution in [0.3, 0.4) is 0 Å². The number of nitrogens with zero attached hydrogens (tertiary/aromatic N) is 2. The minimum absolute atomic E-state index is 0.659. The lowest BCUT2D eigenvalue weighted by Crippen LogP contribution is -1.98. The molecule has 2 aliphatic rings. The fourth-order valence-electron chi connectivity index (χ4n) is 17.1. The molecule has 0 fully saturated rings. The van der Waals surface area contributed by atoms with Crippen LogP contribution in [-0.4, -0.2) is 0 Å². The van der Waals surface area contributed by atoms with Crippen LogP contribution in [-0.2, 0) is 0 Å². The van der Waals surface area contributed by atoms with E-state index in [0.717, 1.165) is 89.1 Å². The summed E-state index contributed by atoms with van der Waals surface area (Å²) in [5.74, 6) is 3.23. The Morgan fingerprint density at radius 1 is 0.173 bits per heavy atom. The molecule has 478 valence electrons. The Balaban J connectivity index is 0.000000137. The molecule has 2 aliphatic heterocycles. The number of fused-ring (bicyclic) bond motifs is 17. The van der Waals surface area contributed by atoms with Crippen molar-refractivity contribution in [3.8, 4) is 113 Å². The SMILES string of the molecule is N#Cc1ccc2c3c(cccc13)Oc1cc(-c3ccc(-c4cc5c6ccccc6ccc5c5ccccc45)c4ccccc34)ccc1-2.N#Cc1ccc2c3c(cccc13)Oc1cc(-c3ccc4cc(-c5cc6c7ccccc7c(-c7cccc8ccccc78)cc6c6ccccc56)ccc4c3)ccc1-2. The van der Waals surface area contributed by atoms with Crippen LogP contribution in [0.25, 0.3) is 196 Å². The minimum atomic E-state index is 0.659. The predicted octanol–water partition coefficient (Wildman–Crippen LogP) is 27.7. The Kier molecular flexibility index (Phi) is 13.1. The third-order valence-electron chi connectivity index (χ3n) is 22.0. The molecule has 20 aromatic rings. The second kappa shape index (κ2) is 23.2. The first-order valence-corrected chi connectivity index (χ1v) is 35.3. The molecule has 4 heteroatoms. The van der Waals surface area contributed by atoms with Crippen molar-refractivity contribution in [2.24, 2.45) is 0 Å². The van der Waals surface area contributed by atoms with E-state index in [2.05, 4.69) is 291 Å². The van der Waals surface area contributed by atoms with Crippen LogP contribution in [0, 0.1) is 22.7 Å². The lowest BCUT2D eigenvalue weighted by molar-refractivity contribution is 0.487. The molecule has 0 unspecified atom stereocenters. The molecule has 0 aromatic heterocycles. The number of benzene rings is 20. The van der Waals surface area contributed by atoms with Crippen molar-refractivity contribution in [2.75, 3.05) is 0 Å². The van der Waals surface area contributed by atoms with E-state index >= 15 is 0 Å². The maximum absolute atomic E-state index is 9.70. The van der Waals surface area contributed by atoms with E-state index in [1.54, 1.807) is 0 Å². The van der Waals surface area contributed by atoms with Gasteiger partial charge in [0.05, 0.1) is 23.3 Å². The number of rotatable bonds is 5. The first-order valence-electron chi connectivity index (χ1n) is 35.3. The van der Waals surface area contributed by atoms with Gasteiger partial charge in [-0.1, -0.05) is 261 Å². The van der Waals surface area contributed by atoms with E-state index in [1.807, 2.05) is 60.7 Å². The summed E-state index contributed by atoms with van der Waals surface area (Å²) in [4.78, 5) is 0. The van der Waals surface area contributed by atoms with Crippen LogP contribution in [0.15, 0.2) is 340 Å². The fraction of sp³-hybridized carbons (Fsp3) is 0. The first kappa shape index (κ1) is 58.8. The zero-order chi connectivity index (χ0) is 68.7. The highest BCUT2D eigenvalue weighted by Gasteiger charge is 2.26. The summed E-state index contributed by atoms with van der Waals surface area (Å²) in [6, 6.07) is 127. The average Bonchev–Trinajstić information content (AvgIpc) is 0.739. The molecular weight excluding hydrogens is 1260 g/mol. The lowest BCUT2D eigenvalue weighted by atomic mass is 9.86. The van der Waals surface area contributed by atoms with Gasteiger partial charge in [0, 0.05) is 32.7 Å². The van der Waals surface area contributed by atoms with E-state index in [0.29, 0.717) is 11.1 Å². The van der Waals surface area contributed by atoms with E-state index in [4.69, 9.17) is 9.47 Å². The van der Waals surface area contributed by atoms with Gasteiger partial charge in [0.15, 0.2) is 0 Å². The van der Waals surface area contributed by atoms with Gasteiger partial charge in [0.2, 0.25) is 0 Å². The summed E-state index contributed by atoms with van der Waals surface area (Å²) in [6.45, 7) is 0. The summed E-state index contributed by atoms with van der Waals surface area (Å²) in [7, 11) is 0. The summed E-state index contributed by atoms with van der Waals surface area (Å²) in [5, 5.41) is 45.7. The molecular formula is C100H56N2O2. The molecule has 0 aliphatic carbocycles. The molecule has 2 heterocycles. The Labute approximate surface area is 598 Å². The van der Waals surface area contributed by atoms with Crippen LogP contribution < -0.4 is 9.47 Å². The summed E-state index contributed by atoms with van der Waals surface area (Å²) in [6.07, 6.45) is 0. The Morgan fingerprint density at radius 2 is 0.519 bits per heavy atom. The molecule has 0 atom stereocenters. The lowest BCUT2D eigenvalue weighted by Gasteiger charge is -2.22. The Hall–Kier alpha value is -14.2.